The van der Waals surface area contributed by atoms with Gasteiger partial charge in [-0.15, -0.1) is 0 Å². The fourth-order valence-electron chi connectivity index (χ4n) is 2.53. The minimum absolute atomic E-state index is 0.199. The van der Waals surface area contributed by atoms with Gasteiger partial charge in [-0.25, -0.2) is 9.59 Å². The van der Waals surface area contributed by atoms with Gasteiger partial charge in [-0.1, -0.05) is 44.9 Å². The summed E-state index contributed by atoms with van der Waals surface area (Å²) in [5.74, 6) is 0.705. The minimum atomic E-state index is -0.553. The summed E-state index contributed by atoms with van der Waals surface area (Å²) < 4.78 is 21.0. The van der Waals surface area contributed by atoms with Gasteiger partial charge in [0.25, 0.3) is 0 Å². The lowest BCUT2D eigenvalue weighted by Crippen LogP contribution is -2.07. The Labute approximate surface area is 183 Å². The first-order valence-corrected chi connectivity index (χ1v) is 10.3. The van der Waals surface area contributed by atoms with E-state index in [-0.39, 0.29) is 6.79 Å². The standard InChI is InChI=1S/C25H28O6/c1-3-5-6-7-18-28-21-13-15-23(16-14-21)31-25(27)17-10-20-8-11-22(12-9-20)29-19-30-24(26)4-2/h4,8-17H,2-3,5-7,18-19H2,1H3. The van der Waals surface area contributed by atoms with Gasteiger partial charge in [0.2, 0.25) is 6.79 Å². The molecule has 0 unspecified atom stereocenters. The molecule has 0 amide bonds. The molecule has 0 saturated heterocycles. The van der Waals surface area contributed by atoms with Crippen molar-refractivity contribution in [3.63, 3.8) is 0 Å². The molecule has 31 heavy (non-hydrogen) atoms. The number of carbonyl (C=O) groups excluding carboxylic acids is 2. The Morgan fingerprint density at radius 1 is 0.839 bits per heavy atom. The van der Waals surface area contributed by atoms with E-state index in [1.54, 1.807) is 54.6 Å². The molecule has 6 nitrogen and oxygen atoms in total. The molecule has 0 atom stereocenters. The molecule has 2 aromatic carbocycles. The number of hydrogen-bond acceptors (Lipinski definition) is 6. The Morgan fingerprint density at radius 3 is 2.16 bits per heavy atom. The summed E-state index contributed by atoms with van der Waals surface area (Å²) >= 11 is 0. The van der Waals surface area contributed by atoms with Crippen LogP contribution in [0.25, 0.3) is 6.08 Å². The van der Waals surface area contributed by atoms with Crippen LogP contribution in [0.1, 0.15) is 38.2 Å². The highest BCUT2D eigenvalue weighted by Crippen LogP contribution is 2.19. The zero-order valence-electron chi connectivity index (χ0n) is 17.8. The maximum absolute atomic E-state index is 12.0. The van der Waals surface area contributed by atoms with E-state index in [0.717, 1.165) is 23.8 Å². The van der Waals surface area contributed by atoms with Gasteiger partial charge in [0, 0.05) is 12.2 Å². The van der Waals surface area contributed by atoms with Gasteiger partial charge in [-0.05, 0) is 54.5 Å². The predicted octanol–water partition coefficient (Wildman–Crippen LogP) is 5.33. The fraction of sp³-hybridized carbons (Fsp3) is 0.280. The topological polar surface area (TPSA) is 71.1 Å². The molecule has 0 aromatic heterocycles. The van der Waals surface area contributed by atoms with Crippen molar-refractivity contribution in [3.05, 3.63) is 72.8 Å². The van der Waals surface area contributed by atoms with Gasteiger partial charge >= 0.3 is 11.9 Å². The van der Waals surface area contributed by atoms with E-state index in [9.17, 15) is 9.59 Å². The van der Waals surface area contributed by atoms with E-state index in [1.807, 2.05) is 0 Å². The average Bonchev–Trinajstić information content (AvgIpc) is 2.79. The normalized spacial score (nSPS) is 10.5. The largest absolute Gasteiger partial charge is 0.494 e. The number of rotatable bonds is 13. The highest BCUT2D eigenvalue weighted by Gasteiger charge is 2.02. The first kappa shape index (κ1) is 23.7. The van der Waals surface area contributed by atoms with E-state index in [2.05, 4.69) is 13.5 Å². The zero-order chi connectivity index (χ0) is 22.3. The van der Waals surface area contributed by atoms with Gasteiger partial charge < -0.3 is 18.9 Å². The van der Waals surface area contributed by atoms with E-state index < -0.39 is 11.9 Å². The van der Waals surface area contributed by atoms with Crippen LogP contribution in [0.5, 0.6) is 17.2 Å². The number of carbonyl (C=O) groups is 2. The average molecular weight is 424 g/mol. The molecule has 0 spiro atoms. The summed E-state index contributed by atoms with van der Waals surface area (Å²) in [7, 11) is 0. The Morgan fingerprint density at radius 2 is 1.48 bits per heavy atom. The molecule has 0 aliphatic rings. The Bertz CT molecular complexity index is 853. The van der Waals surface area contributed by atoms with Crippen molar-refractivity contribution in [1.82, 2.24) is 0 Å². The summed E-state index contributed by atoms with van der Waals surface area (Å²) in [6.07, 6.45) is 8.66. The molecule has 2 aromatic rings. The van der Waals surface area contributed by atoms with Crippen molar-refractivity contribution >= 4 is 18.0 Å². The van der Waals surface area contributed by atoms with Gasteiger partial charge in [0.1, 0.15) is 17.2 Å². The zero-order valence-corrected chi connectivity index (χ0v) is 17.8. The van der Waals surface area contributed by atoms with Crippen LogP contribution in [0.15, 0.2) is 67.3 Å². The Hall–Kier alpha value is -3.54. The molecule has 0 heterocycles. The fourth-order valence-corrected chi connectivity index (χ4v) is 2.53. The van der Waals surface area contributed by atoms with Gasteiger partial charge in [0.05, 0.1) is 6.61 Å². The van der Waals surface area contributed by atoms with Crippen molar-refractivity contribution in [2.45, 2.75) is 32.6 Å². The van der Waals surface area contributed by atoms with Crippen LogP contribution in [0.4, 0.5) is 0 Å². The first-order chi connectivity index (χ1) is 15.1. The lowest BCUT2D eigenvalue weighted by molar-refractivity contribution is -0.144. The third-order valence-corrected chi connectivity index (χ3v) is 4.19. The van der Waals surface area contributed by atoms with Crippen molar-refractivity contribution in [3.8, 4) is 17.2 Å². The number of unbranched alkanes of at least 4 members (excludes halogenated alkanes) is 3. The second-order valence-corrected chi connectivity index (χ2v) is 6.63. The van der Waals surface area contributed by atoms with Gasteiger partial charge in [-0.3, -0.25) is 0 Å². The lowest BCUT2D eigenvalue weighted by atomic mass is 10.2. The van der Waals surface area contributed by atoms with Gasteiger partial charge in [0.15, 0.2) is 0 Å². The molecule has 2 rings (SSSR count). The quantitative estimate of drug-likeness (QED) is 0.142. The number of hydrogen-bond donors (Lipinski definition) is 0. The van der Waals surface area contributed by atoms with Crippen LogP contribution in [-0.2, 0) is 14.3 Å². The summed E-state index contributed by atoms with van der Waals surface area (Å²) in [4.78, 5) is 23.0. The molecular formula is C25H28O6. The van der Waals surface area contributed by atoms with Crippen LogP contribution < -0.4 is 14.2 Å². The Balaban J connectivity index is 1.74. The maximum Gasteiger partial charge on any atom is 0.336 e. The van der Waals surface area contributed by atoms with Crippen LogP contribution in [0.2, 0.25) is 0 Å². The van der Waals surface area contributed by atoms with Crippen LogP contribution >= 0.6 is 0 Å². The third-order valence-electron chi connectivity index (χ3n) is 4.19. The molecular weight excluding hydrogens is 396 g/mol. The van der Waals surface area contributed by atoms with E-state index in [4.69, 9.17) is 18.9 Å². The molecule has 0 aliphatic carbocycles. The first-order valence-electron chi connectivity index (χ1n) is 10.3. The van der Waals surface area contributed by atoms with E-state index >= 15 is 0 Å². The molecule has 0 radical (unpaired) electrons. The van der Waals surface area contributed by atoms with Crippen molar-refractivity contribution in [2.75, 3.05) is 13.4 Å². The summed E-state index contributed by atoms with van der Waals surface area (Å²) in [5, 5.41) is 0. The molecule has 164 valence electrons. The monoisotopic (exact) mass is 424 g/mol. The second-order valence-electron chi connectivity index (χ2n) is 6.63. The second kappa shape index (κ2) is 13.6. The van der Waals surface area contributed by atoms with Crippen LogP contribution in [0.3, 0.4) is 0 Å². The van der Waals surface area contributed by atoms with E-state index in [0.29, 0.717) is 18.1 Å². The lowest BCUT2D eigenvalue weighted by Gasteiger charge is -2.07. The van der Waals surface area contributed by atoms with Crippen LogP contribution in [0, 0.1) is 0 Å². The predicted molar refractivity (Wildman–Crippen MR) is 119 cm³/mol. The number of esters is 2. The van der Waals surface area contributed by atoms with Crippen LogP contribution in [-0.4, -0.2) is 25.3 Å². The number of ether oxygens (including phenoxy) is 4. The molecule has 0 aliphatic heterocycles. The van der Waals surface area contributed by atoms with Crippen molar-refractivity contribution in [2.24, 2.45) is 0 Å². The van der Waals surface area contributed by atoms with Crippen molar-refractivity contribution in [1.29, 1.82) is 0 Å². The molecule has 0 bridgehead atoms. The maximum atomic E-state index is 12.0. The smallest absolute Gasteiger partial charge is 0.336 e. The molecule has 0 fully saturated rings. The van der Waals surface area contributed by atoms with E-state index in [1.165, 1.54) is 25.3 Å². The number of benzene rings is 2. The summed E-state index contributed by atoms with van der Waals surface area (Å²) in [6.45, 7) is 5.96. The highest BCUT2D eigenvalue weighted by atomic mass is 16.7. The SMILES string of the molecule is C=CC(=O)OCOc1ccc(C=CC(=O)Oc2ccc(OCCCCCC)cc2)cc1. The molecule has 0 N–H and O–H groups in total. The Kier molecular flexibility index (Phi) is 10.4. The third kappa shape index (κ3) is 9.67. The minimum Gasteiger partial charge on any atom is -0.494 e. The van der Waals surface area contributed by atoms with Crippen molar-refractivity contribution < 1.29 is 28.5 Å². The highest BCUT2D eigenvalue weighted by molar-refractivity contribution is 5.88. The summed E-state index contributed by atoms with van der Waals surface area (Å²) in [5.41, 5.74) is 0.791. The summed E-state index contributed by atoms with van der Waals surface area (Å²) in [6, 6.07) is 13.9. The molecule has 0 saturated carbocycles. The molecule has 6 heteroatoms. The van der Waals surface area contributed by atoms with Gasteiger partial charge in [-0.2, -0.15) is 0 Å².